The predicted molar refractivity (Wildman–Crippen MR) is 81.7 cm³/mol. The van der Waals surface area contributed by atoms with E-state index in [1.54, 1.807) is 7.05 Å². The Hall–Kier alpha value is -1.98. The maximum Gasteiger partial charge on any atom is 0.233 e. The Morgan fingerprint density at radius 1 is 1.33 bits per heavy atom. The van der Waals surface area contributed by atoms with Crippen LogP contribution in [-0.2, 0) is 4.84 Å². The van der Waals surface area contributed by atoms with Gasteiger partial charge in [-0.05, 0) is 32.9 Å². The number of anilines is 1. The summed E-state index contributed by atoms with van der Waals surface area (Å²) in [6, 6.07) is 10.2. The summed E-state index contributed by atoms with van der Waals surface area (Å²) in [6.07, 6.45) is 0.820. The molecule has 2 rings (SSSR count). The third kappa shape index (κ3) is 4.00. The van der Waals surface area contributed by atoms with E-state index in [-0.39, 0.29) is 11.6 Å². The highest BCUT2D eigenvalue weighted by atomic mass is 16.7. The van der Waals surface area contributed by atoms with Crippen LogP contribution in [0.2, 0.25) is 0 Å². The van der Waals surface area contributed by atoms with Gasteiger partial charge in [-0.3, -0.25) is 0 Å². The second-order valence-corrected chi connectivity index (χ2v) is 6.33. The van der Waals surface area contributed by atoms with E-state index in [2.05, 4.69) is 22.3 Å². The molecule has 0 amide bonds. The second-order valence-electron chi connectivity index (χ2n) is 6.33. The van der Waals surface area contributed by atoms with Crippen LogP contribution in [0.5, 0.6) is 0 Å². The third-order valence-corrected chi connectivity index (χ3v) is 3.76. The van der Waals surface area contributed by atoms with Crippen molar-refractivity contribution in [3.05, 3.63) is 35.5 Å². The molecule has 1 aliphatic rings. The fourth-order valence-corrected chi connectivity index (χ4v) is 2.11. The van der Waals surface area contributed by atoms with Gasteiger partial charge in [0.2, 0.25) is 5.28 Å². The second kappa shape index (κ2) is 6.20. The summed E-state index contributed by atoms with van der Waals surface area (Å²) < 4.78 is 0. The molecule has 1 saturated heterocycles. The molecule has 1 aliphatic heterocycles. The lowest BCUT2D eigenvalue weighted by Gasteiger charge is -2.26. The zero-order valence-corrected chi connectivity index (χ0v) is 13.2. The van der Waals surface area contributed by atoms with Crippen LogP contribution in [0, 0.1) is 5.21 Å². The van der Waals surface area contributed by atoms with E-state index in [0.29, 0.717) is 4.97 Å². The number of benzene rings is 1. The summed E-state index contributed by atoms with van der Waals surface area (Å²) in [6.45, 7) is 7.50. The first-order valence-corrected chi connectivity index (χ1v) is 7.25. The van der Waals surface area contributed by atoms with Crippen LogP contribution in [0.1, 0.15) is 27.2 Å². The van der Waals surface area contributed by atoms with Crippen molar-refractivity contribution in [3.63, 3.8) is 0 Å². The van der Waals surface area contributed by atoms with E-state index in [4.69, 9.17) is 4.84 Å². The van der Waals surface area contributed by atoms with E-state index in [1.165, 1.54) is 10.7 Å². The van der Waals surface area contributed by atoms with Crippen LogP contribution < -0.4 is 4.90 Å². The highest BCUT2D eigenvalue weighted by molar-refractivity contribution is 5.47. The molecule has 0 spiro atoms. The molecule has 0 aliphatic carbocycles. The minimum absolute atomic E-state index is 0.0463. The van der Waals surface area contributed by atoms with E-state index in [0.717, 1.165) is 19.5 Å². The molecular weight excluding hydrogens is 268 g/mol. The van der Waals surface area contributed by atoms with Gasteiger partial charge in [-0.25, -0.2) is 0 Å². The largest absolute Gasteiger partial charge is 0.569 e. The predicted octanol–water partition coefficient (Wildman–Crippen LogP) is 2.80. The summed E-state index contributed by atoms with van der Waals surface area (Å²) in [5, 5.41) is 17.0. The van der Waals surface area contributed by atoms with Gasteiger partial charge in [0, 0.05) is 18.7 Å². The van der Waals surface area contributed by atoms with Gasteiger partial charge < -0.3 is 14.9 Å². The van der Waals surface area contributed by atoms with Crippen molar-refractivity contribution in [2.45, 2.75) is 38.8 Å². The van der Waals surface area contributed by atoms with E-state index < -0.39 is 0 Å². The van der Waals surface area contributed by atoms with Gasteiger partial charge in [0.15, 0.2) is 6.10 Å². The van der Waals surface area contributed by atoms with Crippen LogP contribution in [0.15, 0.2) is 35.6 Å². The standard InChI is InChI=1S/C15H24N4O2/c1-15(2,3)17(4)19(20)16-21-14-10-11-18(12-14)13-8-6-5-7-9-13/h5-9,14H,10-12H2,1-4H3/t14-/m1/s1. The van der Waals surface area contributed by atoms with Crippen molar-refractivity contribution in [2.75, 3.05) is 25.0 Å². The molecule has 0 saturated carbocycles. The third-order valence-electron chi connectivity index (χ3n) is 3.76. The number of rotatable bonds is 4. The van der Waals surface area contributed by atoms with Crippen LogP contribution in [-0.4, -0.2) is 41.8 Å². The average Bonchev–Trinajstić information content (AvgIpc) is 2.93. The number of hydrogen-bond donors (Lipinski definition) is 0. The lowest BCUT2D eigenvalue weighted by Crippen LogP contribution is -2.42. The van der Waals surface area contributed by atoms with Crippen molar-refractivity contribution in [1.29, 1.82) is 0 Å². The fraction of sp³-hybridized carbons (Fsp3) is 0.600. The zero-order valence-electron chi connectivity index (χ0n) is 13.2. The quantitative estimate of drug-likeness (QED) is 0.486. The maximum atomic E-state index is 11.8. The van der Waals surface area contributed by atoms with Crippen LogP contribution >= 0.6 is 0 Å². The van der Waals surface area contributed by atoms with Crippen molar-refractivity contribution in [2.24, 2.45) is 5.28 Å². The first-order valence-electron chi connectivity index (χ1n) is 7.25. The molecule has 1 fully saturated rings. The molecule has 0 bridgehead atoms. The van der Waals surface area contributed by atoms with Crippen LogP contribution in [0.25, 0.3) is 0 Å². The van der Waals surface area contributed by atoms with Gasteiger partial charge in [-0.1, -0.05) is 18.2 Å². The lowest BCUT2D eigenvalue weighted by molar-refractivity contribution is -0.720. The molecule has 21 heavy (non-hydrogen) atoms. The Kier molecular flexibility index (Phi) is 4.55. The molecule has 1 aromatic rings. The Morgan fingerprint density at radius 2 is 2.00 bits per heavy atom. The van der Waals surface area contributed by atoms with Crippen molar-refractivity contribution in [1.82, 2.24) is 5.01 Å². The summed E-state index contributed by atoms with van der Waals surface area (Å²) in [7, 11) is 1.70. The Bertz CT molecular complexity index is 484. The average molecular weight is 292 g/mol. The first kappa shape index (κ1) is 15.4. The summed E-state index contributed by atoms with van der Waals surface area (Å²) in [5.74, 6) is 0. The molecule has 6 heteroatoms. The molecule has 6 nitrogen and oxygen atoms in total. The van der Waals surface area contributed by atoms with Crippen molar-refractivity contribution in [3.8, 4) is 0 Å². The number of para-hydroxylation sites is 1. The van der Waals surface area contributed by atoms with Gasteiger partial charge >= 0.3 is 0 Å². The van der Waals surface area contributed by atoms with Crippen molar-refractivity contribution < 1.29 is 9.81 Å². The van der Waals surface area contributed by atoms with E-state index in [9.17, 15) is 5.21 Å². The summed E-state index contributed by atoms with van der Waals surface area (Å²) in [5.41, 5.74) is 0.884. The lowest BCUT2D eigenvalue weighted by atomic mass is 10.1. The fourth-order valence-electron chi connectivity index (χ4n) is 2.11. The monoisotopic (exact) mass is 292 g/mol. The minimum Gasteiger partial charge on any atom is -0.569 e. The van der Waals surface area contributed by atoms with Gasteiger partial charge in [0.1, 0.15) is 0 Å². The van der Waals surface area contributed by atoms with Gasteiger partial charge in [-0.15, -0.1) is 5.01 Å². The minimum atomic E-state index is -0.291. The highest BCUT2D eigenvalue weighted by Gasteiger charge is 2.27. The molecule has 0 N–H and O–H groups in total. The summed E-state index contributed by atoms with van der Waals surface area (Å²) in [4.78, 5) is 8.15. The molecule has 116 valence electrons. The first-order chi connectivity index (χ1) is 9.88. The molecular formula is C15H24N4O2. The smallest absolute Gasteiger partial charge is 0.233 e. The SMILES string of the molecule is CN([N+]([O-])=NO[C@@H]1CCN(c2ccccc2)C1)C(C)(C)C. The Balaban J connectivity index is 1.89. The number of hydrazine groups is 1. The maximum absolute atomic E-state index is 11.8. The molecule has 0 aromatic heterocycles. The van der Waals surface area contributed by atoms with Crippen LogP contribution in [0.4, 0.5) is 5.69 Å². The Labute approximate surface area is 126 Å². The zero-order chi connectivity index (χ0) is 15.5. The summed E-state index contributed by atoms with van der Waals surface area (Å²) >= 11 is 0. The Morgan fingerprint density at radius 3 is 2.62 bits per heavy atom. The highest BCUT2D eigenvalue weighted by Crippen LogP contribution is 2.21. The topological polar surface area (TPSA) is 54.1 Å². The van der Waals surface area contributed by atoms with Gasteiger partial charge in [-0.2, -0.15) is 0 Å². The molecule has 0 unspecified atom stereocenters. The van der Waals surface area contributed by atoms with Gasteiger partial charge in [0.25, 0.3) is 0 Å². The molecule has 1 atom stereocenters. The molecule has 0 radical (unpaired) electrons. The van der Waals surface area contributed by atoms with Crippen LogP contribution in [0.3, 0.4) is 0 Å². The van der Waals surface area contributed by atoms with E-state index >= 15 is 0 Å². The van der Waals surface area contributed by atoms with Crippen molar-refractivity contribution >= 4 is 5.69 Å². The molecule has 1 aromatic carbocycles. The van der Waals surface area contributed by atoms with Gasteiger partial charge in [0.05, 0.1) is 24.1 Å². The number of hydrogen-bond acceptors (Lipinski definition) is 4. The normalized spacial score (nSPS) is 19.7. The van der Waals surface area contributed by atoms with E-state index in [1.807, 2.05) is 39.0 Å². The number of nitrogens with zero attached hydrogens (tertiary/aromatic N) is 4. The molecule has 1 heterocycles.